The molecule has 2 fully saturated rings. The van der Waals surface area contributed by atoms with Gasteiger partial charge in [0.15, 0.2) is 0 Å². The van der Waals surface area contributed by atoms with Gasteiger partial charge < -0.3 is 15.0 Å². The molecule has 0 bridgehead atoms. The Balaban J connectivity index is 1.45. The highest BCUT2D eigenvalue weighted by molar-refractivity contribution is 5.94. The second kappa shape index (κ2) is 8.29. The molecule has 5 nitrogen and oxygen atoms in total. The number of rotatable bonds is 5. The van der Waals surface area contributed by atoms with Crippen LogP contribution in [0.3, 0.4) is 0 Å². The van der Waals surface area contributed by atoms with Crippen LogP contribution in [-0.2, 0) is 16.1 Å². The van der Waals surface area contributed by atoms with Gasteiger partial charge in [0.1, 0.15) is 0 Å². The highest BCUT2D eigenvalue weighted by atomic mass is 16.5. The molecule has 0 radical (unpaired) electrons. The lowest BCUT2D eigenvalue weighted by atomic mass is 9.98. The maximum atomic E-state index is 12.3. The van der Waals surface area contributed by atoms with Gasteiger partial charge in [0, 0.05) is 44.8 Å². The number of likely N-dealkylation sites (tertiary alicyclic amines) is 1. The summed E-state index contributed by atoms with van der Waals surface area (Å²) in [6, 6.07) is 7.56. The summed E-state index contributed by atoms with van der Waals surface area (Å²) in [6.07, 6.45) is 4.85. The molecule has 0 saturated carbocycles. The first-order valence-corrected chi connectivity index (χ1v) is 8.95. The van der Waals surface area contributed by atoms with Crippen LogP contribution < -0.4 is 5.32 Å². The van der Waals surface area contributed by atoms with E-state index in [0.717, 1.165) is 56.5 Å². The van der Waals surface area contributed by atoms with Gasteiger partial charge in [0.05, 0.1) is 0 Å². The highest BCUT2D eigenvalue weighted by Gasteiger charge is 2.19. The number of carbonyl (C=O) groups excluding carboxylic acids is 2. The van der Waals surface area contributed by atoms with Crippen molar-refractivity contribution >= 4 is 11.8 Å². The van der Waals surface area contributed by atoms with Crippen molar-refractivity contribution in [2.24, 2.45) is 5.92 Å². The van der Waals surface area contributed by atoms with Crippen LogP contribution in [-0.4, -0.2) is 43.0 Å². The number of nitrogens with one attached hydrogen (secondary N) is 1. The van der Waals surface area contributed by atoms with E-state index in [1.165, 1.54) is 0 Å². The van der Waals surface area contributed by atoms with Gasteiger partial charge in [0.25, 0.3) is 5.91 Å². The van der Waals surface area contributed by atoms with E-state index in [2.05, 4.69) is 5.32 Å². The Hall–Kier alpha value is -1.88. The summed E-state index contributed by atoms with van der Waals surface area (Å²) in [7, 11) is 0. The van der Waals surface area contributed by atoms with E-state index in [4.69, 9.17) is 4.74 Å². The lowest BCUT2D eigenvalue weighted by Crippen LogP contribution is -2.28. The summed E-state index contributed by atoms with van der Waals surface area (Å²) in [6.45, 7) is 3.75. The van der Waals surface area contributed by atoms with Crippen LogP contribution >= 0.6 is 0 Å². The minimum atomic E-state index is 0.0720. The summed E-state index contributed by atoms with van der Waals surface area (Å²) in [5.41, 5.74) is 1.74. The third kappa shape index (κ3) is 4.57. The molecular weight excluding hydrogens is 304 g/mol. The van der Waals surface area contributed by atoms with Crippen molar-refractivity contribution in [2.75, 3.05) is 26.3 Å². The molecule has 2 heterocycles. The van der Waals surface area contributed by atoms with Crippen molar-refractivity contribution in [1.29, 1.82) is 0 Å². The fourth-order valence-corrected chi connectivity index (χ4v) is 3.37. The first-order chi connectivity index (χ1) is 11.7. The molecule has 2 aliphatic heterocycles. The van der Waals surface area contributed by atoms with E-state index >= 15 is 0 Å². The van der Waals surface area contributed by atoms with Gasteiger partial charge in [0.2, 0.25) is 5.91 Å². The van der Waals surface area contributed by atoms with Crippen LogP contribution in [0, 0.1) is 5.92 Å². The van der Waals surface area contributed by atoms with Crippen molar-refractivity contribution < 1.29 is 14.3 Å². The molecule has 0 aromatic heterocycles. The number of nitrogens with zero attached hydrogens (tertiary/aromatic N) is 1. The van der Waals surface area contributed by atoms with E-state index in [0.29, 0.717) is 25.5 Å². The van der Waals surface area contributed by atoms with Crippen molar-refractivity contribution in [3.8, 4) is 0 Å². The van der Waals surface area contributed by atoms with Crippen molar-refractivity contribution in [3.05, 3.63) is 35.4 Å². The SMILES string of the molecule is O=C(C[C@H]1CCCOC1)NCc1ccc(C(=O)N2CCCC2)cc1. The van der Waals surface area contributed by atoms with E-state index in [9.17, 15) is 9.59 Å². The van der Waals surface area contributed by atoms with Crippen LogP contribution in [0.1, 0.15) is 48.0 Å². The first kappa shape index (κ1) is 17.0. The van der Waals surface area contributed by atoms with Crippen LogP contribution in [0.5, 0.6) is 0 Å². The standard InChI is InChI=1S/C19H26N2O3/c22-18(12-16-4-3-11-24-14-16)20-13-15-5-7-17(8-6-15)19(23)21-9-1-2-10-21/h5-8,16H,1-4,9-14H2,(H,20,22)/t16-/m1/s1. The lowest BCUT2D eigenvalue weighted by Gasteiger charge is -2.21. The van der Waals surface area contributed by atoms with Crippen LogP contribution in [0.2, 0.25) is 0 Å². The highest BCUT2D eigenvalue weighted by Crippen LogP contribution is 2.17. The fraction of sp³-hybridized carbons (Fsp3) is 0.579. The minimum absolute atomic E-state index is 0.0720. The van der Waals surface area contributed by atoms with Gasteiger partial charge in [-0.15, -0.1) is 0 Å². The number of carbonyl (C=O) groups is 2. The van der Waals surface area contributed by atoms with E-state index in [1.54, 1.807) is 0 Å². The van der Waals surface area contributed by atoms with Gasteiger partial charge in [-0.1, -0.05) is 12.1 Å². The Bertz CT molecular complexity index is 558. The molecule has 1 aromatic rings. The first-order valence-electron chi connectivity index (χ1n) is 8.95. The third-order valence-electron chi connectivity index (χ3n) is 4.81. The second-order valence-corrected chi connectivity index (χ2v) is 6.76. The molecular formula is C19H26N2O3. The average molecular weight is 330 g/mol. The van der Waals surface area contributed by atoms with Crippen LogP contribution in [0.4, 0.5) is 0 Å². The topological polar surface area (TPSA) is 58.6 Å². The predicted octanol–water partition coefficient (Wildman–Crippen LogP) is 2.36. The molecule has 2 aliphatic rings. The average Bonchev–Trinajstić information content (AvgIpc) is 3.15. The zero-order valence-electron chi connectivity index (χ0n) is 14.1. The van der Waals surface area contributed by atoms with Crippen molar-refractivity contribution in [3.63, 3.8) is 0 Å². The molecule has 0 spiro atoms. The van der Waals surface area contributed by atoms with Gasteiger partial charge in [-0.05, 0) is 49.3 Å². The molecule has 24 heavy (non-hydrogen) atoms. The Labute approximate surface area is 143 Å². The predicted molar refractivity (Wildman–Crippen MR) is 91.6 cm³/mol. The zero-order valence-corrected chi connectivity index (χ0v) is 14.1. The van der Waals surface area contributed by atoms with Gasteiger partial charge >= 0.3 is 0 Å². The monoisotopic (exact) mass is 330 g/mol. The molecule has 130 valence electrons. The molecule has 5 heteroatoms. The van der Waals surface area contributed by atoms with Gasteiger partial charge in [-0.3, -0.25) is 9.59 Å². The fourth-order valence-electron chi connectivity index (χ4n) is 3.37. The molecule has 0 aliphatic carbocycles. The minimum Gasteiger partial charge on any atom is -0.381 e. The largest absolute Gasteiger partial charge is 0.381 e. The second-order valence-electron chi connectivity index (χ2n) is 6.76. The molecule has 1 N–H and O–H groups in total. The number of benzene rings is 1. The van der Waals surface area contributed by atoms with Crippen LogP contribution in [0.25, 0.3) is 0 Å². The molecule has 1 atom stereocenters. The molecule has 2 saturated heterocycles. The third-order valence-corrected chi connectivity index (χ3v) is 4.81. The van der Waals surface area contributed by atoms with Gasteiger partial charge in [-0.25, -0.2) is 0 Å². The quantitative estimate of drug-likeness (QED) is 0.901. The normalized spacial score (nSPS) is 20.8. The molecule has 0 unspecified atom stereocenters. The number of hydrogen-bond acceptors (Lipinski definition) is 3. The summed E-state index contributed by atoms with van der Waals surface area (Å²) < 4.78 is 5.41. The number of hydrogen-bond donors (Lipinski definition) is 1. The summed E-state index contributed by atoms with van der Waals surface area (Å²) >= 11 is 0. The maximum absolute atomic E-state index is 12.3. The van der Waals surface area contributed by atoms with Crippen LogP contribution in [0.15, 0.2) is 24.3 Å². The van der Waals surface area contributed by atoms with Gasteiger partial charge in [-0.2, -0.15) is 0 Å². The Morgan fingerprint density at radius 1 is 1.12 bits per heavy atom. The number of ether oxygens (including phenoxy) is 1. The smallest absolute Gasteiger partial charge is 0.253 e. The maximum Gasteiger partial charge on any atom is 0.253 e. The Kier molecular flexibility index (Phi) is 5.86. The number of amides is 2. The Morgan fingerprint density at radius 3 is 2.54 bits per heavy atom. The summed E-state index contributed by atoms with van der Waals surface area (Å²) in [5, 5.41) is 2.96. The van der Waals surface area contributed by atoms with Crippen molar-refractivity contribution in [1.82, 2.24) is 10.2 Å². The van der Waals surface area contributed by atoms with Crippen molar-refractivity contribution in [2.45, 2.75) is 38.6 Å². The summed E-state index contributed by atoms with van der Waals surface area (Å²) in [4.78, 5) is 26.2. The van der Waals surface area contributed by atoms with E-state index in [1.807, 2.05) is 29.2 Å². The lowest BCUT2D eigenvalue weighted by molar-refractivity contribution is -0.123. The Morgan fingerprint density at radius 2 is 1.88 bits per heavy atom. The van der Waals surface area contributed by atoms with E-state index in [-0.39, 0.29) is 11.8 Å². The van der Waals surface area contributed by atoms with E-state index < -0.39 is 0 Å². The molecule has 2 amide bonds. The molecule has 3 rings (SSSR count). The zero-order chi connectivity index (χ0) is 16.8. The molecule has 1 aromatic carbocycles. The summed E-state index contributed by atoms with van der Waals surface area (Å²) in [5.74, 6) is 0.530.